The fourth-order valence-electron chi connectivity index (χ4n) is 4.72. The van der Waals surface area contributed by atoms with Gasteiger partial charge in [0.1, 0.15) is 0 Å². The first-order chi connectivity index (χ1) is 18.2. The molecule has 17 heteroatoms. The van der Waals surface area contributed by atoms with Crippen LogP contribution in [0.3, 0.4) is 0 Å². The molecular formula is C22H30F6N6O5. The Bertz CT molecular complexity index is 998. The van der Waals surface area contributed by atoms with Gasteiger partial charge in [0.25, 0.3) is 5.91 Å². The molecule has 1 saturated heterocycles. The molecular weight excluding hydrogens is 542 g/mol. The molecule has 3 fully saturated rings. The molecule has 1 amide bonds. The Morgan fingerprint density at radius 2 is 1.38 bits per heavy atom. The highest BCUT2D eigenvalue weighted by Gasteiger charge is 2.40. The van der Waals surface area contributed by atoms with Gasteiger partial charge in [0.15, 0.2) is 5.82 Å². The molecule has 0 spiro atoms. The Labute approximate surface area is 219 Å². The number of aliphatic carboxylic acids is 2. The summed E-state index contributed by atoms with van der Waals surface area (Å²) in [6, 6.07) is 0.617. The van der Waals surface area contributed by atoms with Crippen molar-refractivity contribution < 1.29 is 50.9 Å². The van der Waals surface area contributed by atoms with E-state index >= 15 is 0 Å². The first-order valence-corrected chi connectivity index (χ1v) is 12.5. The average molecular weight is 573 g/mol. The van der Waals surface area contributed by atoms with Crippen molar-refractivity contribution in [3.63, 3.8) is 0 Å². The summed E-state index contributed by atoms with van der Waals surface area (Å²) in [4.78, 5) is 35.5. The van der Waals surface area contributed by atoms with Crippen LogP contribution in [0.25, 0.3) is 0 Å². The standard InChI is InChI=1S/C18H28N6O.2C2HF3O2/c25-18(19-14-3-1-2-4-14)17-21-20-16-15-12-22(11-13-5-6-13)7-8-23(15)9-10-24(16)17;2*3-2(4,5)1(6)7/h13-15H,1-12H2,(H,19,25);2*(H,6,7). The highest BCUT2D eigenvalue weighted by Crippen LogP contribution is 2.33. The molecule has 5 rings (SSSR count). The number of fused-ring (bicyclic) bond motifs is 3. The predicted molar refractivity (Wildman–Crippen MR) is 121 cm³/mol. The van der Waals surface area contributed by atoms with Crippen molar-refractivity contribution in [2.24, 2.45) is 5.92 Å². The lowest BCUT2D eigenvalue weighted by atomic mass is 10.1. The molecule has 0 aromatic carbocycles. The van der Waals surface area contributed by atoms with Crippen LogP contribution in [0.5, 0.6) is 0 Å². The van der Waals surface area contributed by atoms with Gasteiger partial charge in [-0.2, -0.15) is 26.3 Å². The van der Waals surface area contributed by atoms with E-state index in [9.17, 15) is 31.1 Å². The van der Waals surface area contributed by atoms with Crippen LogP contribution < -0.4 is 5.32 Å². The van der Waals surface area contributed by atoms with Crippen molar-refractivity contribution in [2.45, 2.75) is 69.5 Å². The van der Waals surface area contributed by atoms with Gasteiger partial charge in [-0.25, -0.2) is 9.59 Å². The van der Waals surface area contributed by atoms with Crippen molar-refractivity contribution in [1.29, 1.82) is 0 Å². The largest absolute Gasteiger partial charge is 0.490 e. The van der Waals surface area contributed by atoms with Gasteiger partial charge < -0.3 is 20.1 Å². The summed E-state index contributed by atoms with van der Waals surface area (Å²) in [6.07, 6.45) is -2.74. The molecule has 4 aliphatic rings. The average Bonchev–Trinajstić information content (AvgIpc) is 3.31. The fraction of sp³-hybridized carbons (Fsp3) is 0.773. The molecule has 1 aromatic heterocycles. The van der Waals surface area contributed by atoms with Crippen molar-refractivity contribution in [2.75, 3.05) is 32.7 Å². The molecule has 2 saturated carbocycles. The minimum atomic E-state index is -5.08. The summed E-state index contributed by atoms with van der Waals surface area (Å²) >= 11 is 0. The number of carbonyl (C=O) groups is 3. The zero-order valence-corrected chi connectivity index (χ0v) is 20.8. The number of nitrogens with one attached hydrogen (secondary N) is 1. The number of carboxylic acids is 2. The number of carbonyl (C=O) groups excluding carboxylic acids is 1. The van der Waals surface area contributed by atoms with Crippen molar-refractivity contribution in [1.82, 2.24) is 29.9 Å². The zero-order chi connectivity index (χ0) is 29.0. The molecule has 11 nitrogen and oxygen atoms in total. The number of piperazine rings is 1. The lowest BCUT2D eigenvalue weighted by Crippen LogP contribution is -2.52. The molecule has 1 atom stereocenters. The van der Waals surface area contributed by atoms with Crippen LogP contribution >= 0.6 is 0 Å². The van der Waals surface area contributed by atoms with Crippen LogP contribution in [0, 0.1) is 5.92 Å². The first kappa shape index (κ1) is 30.6. The molecule has 2 aliphatic carbocycles. The smallest absolute Gasteiger partial charge is 0.475 e. The van der Waals surface area contributed by atoms with Gasteiger partial charge in [-0.05, 0) is 31.6 Å². The maximum absolute atomic E-state index is 12.7. The third-order valence-corrected chi connectivity index (χ3v) is 6.86. The molecule has 1 aromatic rings. The quantitative estimate of drug-likeness (QED) is 0.464. The van der Waals surface area contributed by atoms with Gasteiger partial charge in [-0.3, -0.25) is 14.6 Å². The number of alkyl halides is 6. The van der Waals surface area contributed by atoms with Crippen LogP contribution in [0.15, 0.2) is 0 Å². The molecule has 0 bridgehead atoms. The normalized spacial score (nSPS) is 21.9. The topological polar surface area (TPSA) is 141 Å². The maximum atomic E-state index is 12.7. The summed E-state index contributed by atoms with van der Waals surface area (Å²) in [5.41, 5.74) is 0. The number of halogens is 6. The van der Waals surface area contributed by atoms with E-state index in [1.54, 1.807) is 0 Å². The molecule has 39 heavy (non-hydrogen) atoms. The molecule has 2 aliphatic heterocycles. The molecule has 3 N–H and O–H groups in total. The molecule has 0 radical (unpaired) electrons. The number of hydrogen-bond donors (Lipinski definition) is 3. The first-order valence-electron chi connectivity index (χ1n) is 12.5. The lowest BCUT2D eigenvalue weighted by molar-refractivity contribution is -0.193. The number of nitrogens with zero attached hydrogens (tertiary/aromatic N) is 5. The maximum Gasteiger partial charge on any atom is 0.490 e. The number of rotatable bonds is 4. The summed E-state index contributed by atoms with van der Waals surface area (Å²) in [5.74, 6) is -3.13. The summed E-state index contributed by atoms with van der Waals surface area (Å²) in [5, 5.41) is 26.1. The van der Waals surface area contributed by atoms with Crippen LogP contribution in [-0.2, 0) is 16.1 Å². The molecule has 220 valence electrons. The number of aromatic nitrogens is 3. The number of carboxylic acid groups (broad SMARTS) is 2. The van der Waals surface area contributed by atoms with Gasteiger partial charge >= 0.3 is 24.3 Å². The number of hydrogen-bond acceptors (Lipinski definition) is 7. The second-order valence-corrected chi connectivity index (χ2v) is 9.85. The van der Waals surface area contributed by atoms with E-state index in [1.807, 2.05) is 0 Å². The Hall–Kier alpha value is -2.95. The van der Waals surface area contributed by atoms with Gasteiger partial charge in [0.2, 0.25) is 5.82 Å². The van der Waals surface area contributed by atoms with E-state index < -0.39 is 24.3 Å². The van der Waals surface area contributed by atoms with Crippen LogP contribution in [0.2, 0.25) is 0 Å². The SMILES string of the molecule is O=C(NC1CCCC1)c1nnc2n1CCN1CCN(CC3CC3)CC21.O=C(O)C(F)(F)F.O=C(O)C(F)(F)F. The van der Waals surface area contributed by atoms with E-state index in [2.05, 4.69) is 29.9 Å². The van der Waals surface area contributed by atoms with Gasteiger partial charge in [-0.1, -0.05) is 12.8 Å². The Morgan fingerprint density at radius 1 is 0.846 bits per heavy atom. The van der Waals surface area contributed by atoms with E-state index in [0.717, 1.165) is 57.3 Å². The third-order valence-electron chi connectivity index (χ3n) is 6.86. The Morgan fingerprint density at radius 3 is 1.90 bits per heavy atom. The monoisotopic (exact) mass is 572 g/mol. The minimum absolute atomic E-state index is 0.0373. The second-order valence-electron chi connectivity index (χ2n) is 9.85. The number of amides is 1. The zero-order valence-electron chi connectivity index (χ0n) is 20.8. The molecule has 3 heterocycles. The second kappa shape index (κ2) is 12.5. The van der Waals surface area contributed by atoms with Crippen molar-refractivity contribution >= 4 is 17.8 Å². The predicted octanol–water partition coefficient (Wildman–Crippen LogP) is 2.30. The summed E-state index contributed by atoms with van der Waals surface area (Å²) in [6.45, 7) is 6.35. The van der Waals surface area contributed by atoms with Gasteiger partial charge in [0, 0.05) is 45.3 Å². The minimum Gasteiger partial charge on any atom is -0.475 e. The molecule has 1 unspecified atom stereocenters. The van der Waals surface area contributed by atoms with Crippen molar-refractivity contribution in [3.8, 4) is 0 Å². The third kappa shape index (κ3) is 8.78. The van der Waals surface area contributed by atoms with Gasteiger partial charge in [0.05, 0.1) is 6.04 Å². The Balaban J connectivity index is 0.000000251. The Kier molecular flexibility index (Phi) is 9.79. The van der Waals surface area contributed by atoms with Crippen molar-refractivity contribution in [3.05, 3.63) is 11.6 Å². The summed E-state index contributed by atoms with van der Waals surface area (Å²) < 4.78 is 65.5. The van der Waals surface area contributed by atoms with E-state index in [1.165, 1.54) is 32.2 Å². The van der Waals surface area contributed by atoms with E-state index in [0.29, 0.717) is 17.9 Å². The van der Waals surface area contributed by atoms with Gasteiger partial charge in [-0.15, -0.1) is 10.2 Å². The fourth-order valence-corrected chi connectivity index (χ4v) is 4.72. The van der Waals surface area contributed by atoms with E-state index in [4.69, 9.17) is 19.8 Å². The van der Waals surface area contributed by atoms with Crippen LogP contribution in [0.4, 0.5) is 26.3 Å². The van der Waals surface area contributed by atoms with E-state index in [-0.39, 0.29) is 5.91 Å². The van der Waals surface area contributed by atoms with Crippen LogP contribution in [-0.4, -0.2) is 104 Å². The summed E-state index contributed by atoms with van der Waals surface area (Å²) in [7, 11) is 0. The lowest BCUT2D eigenvalue weighted by Gasteiger charge is -2.43. The highest BCUT2D eigenvalue weighted by molar-refractivity contribution is 5.91. The highest BCUT2D eigenvalue weighted by atomic mass is 19.4. The van der Waals surface area contributed by atoms with Crippen LogP contribution in [0.1, 0.15) is 61.0 Å².